The average molecular weight is 310 g/mol. The van der Waals surface area contributed by atoms with E-state index in [4.69, 9.17) is 0 Å². The maximum Gasteiger partial charge on any atom is 0.226 e. The third-order valence-electron chi connectivity index (χ3n) is 3.35. The van der Waals surface area contributed by atoms with Gasteiger partial charge in [0.2, 0.25) is 5.91 Å². The van der Waals surface area contributed by atoms with E-state index in [1.165, 1.54) is 12.1 Å². The molecule has 3 rings (SSSR count). The van der Waals surface area contributed by atoms with Crippen molar-refractivity contribution >= 4 is 11.6 Å². The molecule has 23 heavy (non-hydrogen) atoms. The summed E-state index contributed by atoms with van der Waals surface area (Å²) in [4.78, 5) is 16.0. The summed E-state index contributed by atoms with van der Waals surface area (Å²) >= 11 is 0. The highest BCUT2D eigenvalue weighted by Crippen LogP contribution is 2.18. The maximum atomic E-state index is 13.1. The minimum atomic E-state index is -0.380. The molecule has 1 aromatic carbocycles. The van der Waals surface area contributed by atoms with Gasteiger partial charge >= 0.3 is 0 Å². The Labute approximate surface area is 132 Å². The molecule has 2 aromatic heterocycles. The highest BCUT2D eigenvalue weighted by molar-refractivity contribution is 5.90. The Morgan fingerprint density at radius 3 is 2.74 bits per heavy atom. The zero-order chi connectivity index (χ0) is 16.1. The fraction of sp³-hybridized carbons (Fsp3) is 0.118. The molecule has 2 heterocycles. The van der Waals surface area contributed by atoms with E-state index in [9.17, 15) is 9.18 Å². The predicted molar refractivity (Wildman–Crippen MR) is 85.1 cm³/mol. The lowest BCUT2D eigenvalue weighted by Crippen LogP contribution is -2.15. The van der Waals surface area contributed by atoms with Gasteiger partial charge in [-0.05, 0) is 36.4 Å². The van der Waals surface area contributed by atoms with Crippen LogP contribution in [-0.4, -0.2) is 20.7 Å². The third kappa shape index (κ3) is 3.79. The van der Waals surface area contributed by atoms with Gasteiger partial charge in [-0.25, -0.2) is 4.39 Å². The predicted octanol–water partition coefficient (Wildman–Crippen LogP) is 3.11. The molecule has 0 saturated carbocycles. The lowest BCUT2D eigenvalue weighted by atomic mass is 10.2. The van der Waals surface area contributed by atoms with Gasteiger partial charge in [0, 0.05) is 36.3 Å². The highest BCUT2D eigenvalue weighted by atomic mass is 19.1. The van der Waals surface area contributed by atoms with Crippen LogP contribution in [-0.2, 0) is 11.3 Å². The molecule has 0 aliphatic carbocycles. The fourth-order valence-corrected chi connectivity index (χ4v) is 2.28. The van der Waals surface area contributed by atoms with Crippen LogP contribution < -0.4 is 5.32 Å². The molecule has 5 nitrogen and oxygen atoms in total. The van der Waals surface area contributed by atoms with E-state index in [1.807, 2.05) is 18.2 Å². The number of aromatic nitrogens is 3. The molecule has 1 amide bonds. The normalized spacial score (nSPS) is 10.5. The lowest BCUT2D eigenvalue weighted by Gasteiger charge is -2.08. The number of nitrogens with one attached hydrogen (secondary N) is 1. The molecule has 0 fully saturated rings. The second kappa shape index (κ2) is 6.83. The number of carbonyl (C=O) groups excluding carboxylic acids is 1. The van der Waals surface area contributed by atoms with Crippen LogP contribution >= 0.6 is 0 Å². The van der Waals surface area contributed by atoms with Crippen LogP contribution in [0.3, 0.4) is 0 Å². The fourth-order valence-electron chi connectivity index (χ4n) is 2.28. The quantitative estimate of drug-likeness (QED) is 0.787. The summed E-state index contributed by atoms with van der Waals surface area (Å²) in [6.45, 7) is 0.436. The molecule has 0 unspecified atom stereocenters. The first-order chi connectivity index (χ1) is 11.2. The van der Waals surface area contributed by atoms with Crippen LogP contribution in [0, 0.1) is 5.82 Å². The number of aryl methyl sites for hydroxylation is 1. The Balaban J connectivity index is 1.63. The standard InChI is InChI=1S/C17H15FN4O/c18-14-2-1-3-15(12-14)21-17(23)7-11-22-16(6-10-20-22)13-4-8-19-9-5-13/h1-6,8-10,12H,7,11H2,(H,21,23). The molecule has 0 spiro atoms. The van der Waals surface area contributed by atoms with Crippen molar-refractivity contribution in [2.45, 2.75) is 13.0 Å². The monoisotopic (exact) mass is 310 g/mol. The van der Waals surface area contributed by atoms with Crippen molar-refractivity contribution in [3.63, 3.8) is 0 Å². The summed E-state index contributed by atoms with van der Waals surface area (Å²) in [5, 5.41) is 6.92. The first kappa shape index (κ1) is 14.9. The smallest absolute Gasteiger partial charge is 0.226 e. The van der Waals surface area contributed by atoms with Crippen LogP contribution in [0.2, 0.25) is 0 Å². The van der Waals surface area contributed by atoms with Crippen molar-refractivity contribution in [3.05, 3.63) is 66.9 Å². The van der Waals surface area contributed by atoms with Gasteiger partial charge in [-0.2, -0.15) is 5.10 Å². The van der Waals surface area contributed by atoms with Crippen molar-refractivity contribution in [2.24, 2.45) is 0 Å². The molecule has 0 radical (unpaired) electrons. The minimum Gasteiger partial charge on any atom is -0.326 e. The van der Waals surface area contributed by atoms with Gasteiger partial charge in [-0.3, -0.25) is 14.5 Å². The molecule has 6 heteroatoms. The van der Waals surface area contributed by atoms with E-state index in [2.05, 4.69) is 15.4 Å². The number of nitrogens with zero attached hydrogens (tertiary/aromatic N) is 3. The second-order valence-corrected chi connectivity index (χ2v) is 4.98. The number of rotatable bonds is 5. The number of anilines is 1. The number of benzene rings is 1. The topological polar surface area (TPSA) is 59.8 Å². The number of halogens is 1. The Morgan fingerprint density at radius 2 is 1.96 bits per heavy atom. The zero-order valence-corrected chi connectivity index (χ0v) is 12.3. The summed E-state index contributed by atoms with van der Waals surface area (Å²) in [5.74, 6) is -0.568. The molecule has 1 N–H and O–H groups in total. The first-order valence-electron chi connectivity index (χ1n) is 7.20. The summed E-state index contributed by atoms with van der Waals surface area (Å²) in [7, 11) is 0. The number of carbonyl (C=O) groups is 1. The van der Waals surface area contributed by atoms with Gasteiger partial charge in [-0.15, -0.1) is 0 Å². The Hall–Kier alpha value is -3.02. The lowest BCUT2D eigenvalue weighted by molar-refractivity contribution is -0.116. The van der Waals surface area contributed by atoms with Crippen LogP contribution in [0.4, 0.5) is 10.1 Å². The molecular formula is C17H15FN4O. The van der Waals surface area contributed by atoms with Gasteiger partial charge in [0.1, 0.15) is 5.82 Å². The van der Waals surface area contributed by atoms with E-state index in [1.54, 1.807) is 35.4 Å². The molecule has 0 atom stereocenters. The van der Waals surface area contributed by atoms with Gasteiger partial charge < -0.3 is 5.32 Å². The van der Waals surface area contributed by atoms with Crippen molar-refractivity contribution < 1.29 is 9.18 Å². The van der Waals surface area contributed by atoms with Crippen LogP contribution in [0.25, 0.3) is 11.3 Å². The highest BCUT2D eigenvalue weighted by Gasteiger charge is 2.08. The van der Waals surface area contributed by atoms with Crippen LogP contribution in [0.5, 0.6) is 0 Å². The average Bonchev–Trinajstić information content (AvgIpc) is 3.02. The van der Waals surface area contributed by atoms with Crippen molar-refractivity contribution in [3.8, 4) is 11.3 Å². The van der Waals surface area contributed by atoms with Crippen LogP contribution in [0.1, 0.15) is 6.42 Å². The van der Waals surface area contributed by atoms with Crippen molar-refractivity contribution in [2.75, 3.05) is 5.32 Å². The van der Waals surface area contributed by atoms with Crippen molar-refractivity contribution in [1.82, 2.24) is 14.8 Å². The number of pyridine rings is 1. The molecule has 0 bridgehead atoms. The minimum absolute atomic E-state index is 0.188. The Bertz CT molecular complexity index is 801. The summed E-state index contributed by atoms with van der Waals surface area (Å²) in [5.41, 5.74) is 2.36. The SMILES string of the molecule is O=C(CCn1nccc1-c1ccncc1)Nc1cccc(F)c1. The number of amides is 1. The third-order valence-corrected chi connectivity index (χ3v) is 3.35. The van der Waals surface area contributed by atoms with Gasteiger partial charge in [0.15, 0.2) is 0 Å². The summed E-state index contributed by atoms with van der Waals surface area (Å²) < 4.78 is 14.9. The van der Waals surface area contributed by atoms with E-state index in [0.717, 1.165) is 11.3 Å². The molecule has 0 aliphatic heterocycles. The molecule has 116 valence electrons. The Kier molecular flexibility index (Phi) is 4.42. The summed E-state index contributed by atoms with van der Waals surface area (Å²) in [6, 6.07) is 11.5. The Morgan fingerprint density at radius 1 is 1.13 bits per heavy atom. The van der Waals surface area contributed by atoms with Gasteiger partial charge in [0.05, 0.1) is 12.2 Å². The molecule has 0 saturated heterocycles. The van der Waals surface area contributed by atoms with E-state index >= 15 is 0 Å². The molecule has 0 aliphatic rings. The molecular weight excluding hydrogens is 295 g/mol. The van der Waals surface area contributed by atoms with E-state index in [-0.39, 0.29) is 18.1 Å². The second-order valence-electron chi connectivity index (χ2n) is 4.98. The molecule has 3 aromatic rings. The van der Waals surface area contributed by atoms with Gasteiger partial charge in [-0.1, -0.05) is 6.07 Å². The largest absolute Gasteiger partial charge is 0.326 e. The first-order valence-corrected chi connectivity index (χ1v) is 7.20. The number of hydrogen-bond acceptors (Lipinski definition) is 3. The van der Waals surface area contributed by atoms with Crippen molar-refractivity contribution in [1.29, 1.82) is 0 Å². The van der Waals surface area contributed by atoms with E-state index in [0.29, 0.717) is 12.2 Å². The van der Waals surface area contributed by atoms with Crippen LogP contribution in [0.15, 0.2) is 61.1 Å². The zero-order valence-electron chi connectivity index (χ0n) is 12.3. The maximum absolute atomic E-state index is 13.1. The number of hydrogen-bond donors (Lipinski definition) is 1. The summed E-state index contributed by atoms with van der Waals surface area (Å²) in [6.07, 6.45) is 5.36. The van der Waals surface area contributed by atoms with E-state index < -0.39 is 0 Å². The van der Waals surface area contributed by atoms with Gasteiger partial charge in [0.25, 0.3) is 0 Å².